The van der Waals surface area contributed by atoms with Crippen molar-refractivity contribution in [1.82, 2.24) is 4.98 Å². The van der Waals surface area contributed by atoms with Gasteiger partial charge < -0.3 is 19.7 Å². The first-order valence-corrected chi connectivity index (χ1v) is 10.9. The fourth-order valence-electron chi connectivity index (χ4n) is 3.27. The van der Waals surface area contributed by atoms with Crippen LogP contribution in [0.25, 0.3) is 11.3 Å². The van der Waals surface area contributed by atoms with E-state index in [2.05, 4.69) is 10.3 Å². The number of halogens is 1. The summed E-state index contributed by atoms with van der Waals surface area (Å²) < 4.78 is 10.8. The van der Waals surface area contributed by atoms with Crippen molar-refractivity contribution in [3.63, 3.8) is 0 Å². The van der Waals surface area contributed by atoms with Gasteiger partial charge in [-0.25, -0.2) is 4.98 Å². The molecule has 1 atom stereocenters. The SMILES string of the molecule is COc1ccc(-c2csc(NC(=O)CCN3C(=O)[C@@H](C)Oc4ccccc43)n2)cc1Cl. The lowest BCUT2D eigenvalue weighted by atomic mass is 10.1. The fourth-order valence-corrected chi connectivity index (χ4v) is 4.27. The summed E-state index contributed by atoms with van der Waals surface area (Å²) in [6, 6.07) is 12.7. The fraction of sp³-hybridized carbons (Fsp3) is 0.227. The van der Waals surface area contributed by atoms with E-state index in [1.807, 2.05) is 35.7 Å². The number of carbonyl (C=O) groups is 2. The molecular weight excluding hydrogens is 438 g/mol. The lowest BCUT2D eigenvalue weighted by molar-refractivity contribution is -0.125. The van der Waals surface area contributed by atoms with Gasteiger partial charge in [-0.1, -0.05) is 23.7 Å². The van der Waals surface area contributed by atoms with E-state index >= 15 is 0 Å². The van der Waals surface area contributed by atoms with Crippen LogP contribution in [0.15, 0.2) is 47.8 Å². The summed E-state index contributed by atoms with van der Waals surface area (Å²) in [4.78, 5) is 31.1. The van der Waals surface area contributed by atoms with Gasteiger partial charge in [0.05, 0.1) is 23.5 Å². The number of amides is 2. The van der Waals surface area contributed by atoms with Crippen LogP contribution < -0.4 is 19.7 Å². The molecule has 0 saturated heterocycles. The molecule has 2 heterocycles. The number of methoxy groups -OCH3 is 1. The lowest BCUT2D eigenvalue weighted by Gasteiger charge is -2.32. The predicted molar refractivity (Wildman–Crippen MR) is 121 cm³/mol. The van der Waals surface area contributed by atoms with Crippen molar-refractivity contribution in [2.75, 3.05) is 23.9 Å². The number of carbonyl (C=O) groups excluding carboxylic acids is 2. The van der Waals surface area contributed by atoms with Crippen LogP contribution in [0.5, 0.6) is 11.5 Å². The third kappa shape index (κ3) is 4.50. The number of anilines is 2. The summed E-state index contributed by atoms with van der Waals surface area (Å²) in [5.74, 6) is 0.831. The molecule has 0 bridgehead atoms. The molecule has 0 aliphatic carbocycles. The Bertz CT molecular complexity index is 1130. The second-order valence-corrected chi connectivity index (χ2v) is 8.17. The van der Waals surface area contributed by atoms with Crippen molar-refractivity contribution >= 4 is 45.6 Å². The minimum absolute atomic E-state index is 0.135. The zero-order valence-corrected chi connectivity index (χ0v) is 18.5. The average molecular weight is 458 g/mol. The van der Waals surface area contributed by atoms with Crippen LogP contribution in [0.3, 0.4) is 0 Å². The van der Waals surface area contributed by atoms with E-state index in [1.165, 1.54) is 11.3 Å². The van der Waals surface area contributed by atoms with Crippen LogP contribution in [0.1, 0.15) is 13.3 Å². The Labute approximate surface area is 188 Å². The Morgan fingerprint density at radius 3 is 2.90 bits per heavy atom. The Morgan fingerprint density at radius 2 is 2.13 bits per heavy atom. The van der Waals surface area contributed by atoms with Gasteiger partial charge in [0.15, 0.2) is 11.2 Å². The topological polar surface area (TPSA) is 80.8 Å². The second kappa shape index (κ2) is 8.95. The number of ether oxygens (including phenoxy) is 2. The van der Waals surface area contributed by atoms with Crippen LogP contribution in [0.4, 0.5) is 10.8 Å². The standard InChI is InChI=1S/C22H20ClN3O4S/c1-13-21(28)26(17-5-3-4-6-19(17)30-13)10-9-20(27)25-22-24-16(12-31-22)14-7-8-18(29-2)15(23)11-14/h3-8,11-13H,9-10H2,1-2H3,(H,24,25,27)/t13-/m1/s1. The van der Waals surface area contributed by atoms with Gasteiger partial charge in [0.1, 0.15) is 11.5 Å². The third-order valence-electron chi connectivity index (χ3n) is 4.83. The molecular formula is C22H20ClN3O4S. The maximum absolute atomic E-state index is 12.5. The first-order valence-electron chi connectivity index (χ1n) is 9.62. The first-order chi connectivity index (χ1) is 15.0. The van der Waals surface area contributed by atoms with Gasteiger partial charge in [-0.2, -0.15) is 0 Å². The molecule has 0 spiro atoms. The molecule has 2 amide bonds. The Kier molecular flexibility index (Phi) is 6.11. The van der Waals surface area contributed by atoms with Gasteiger partial charge >= 0.3 is 0 Å². The minimum atomic E-state index is -0.587. The van der Waals surface area contributed by atoms with Gasteiger partial charge in [0, 0.05) is 23.9 Å². The van der Waals surface area contributed by atoms with Crippen LogP contribution in [-0.2, 0) is 9.59 Å². The van der Waals surface area contributed by atoms with E-state index < -0.39 is 6.10 Å². The number of para-hydroxylation sites is 2. The lowest BCUT2D eigenvalue weighted by Crippen LogP contribution is -2.45. The van der Waals surface area contributed by atoms with Gasteiger partial charge in [0.25, 0.3) is 5.91 Å². The molecule has 7 nitrogen and oxygen atoms in total. The van der Waals surface area contributed by atoms with Crippen molar-refractivity contribution < 1.29 is 19.1 Å². The summed E-state index contributed by atoms with van der Waals surface area (Å²) in [6.45, 7) is 1.95. The molecule has 31 heavy (non-hydrogen) atoms. The number of hydrogen-bond acceptors (Lipinski definition) is 6. The Hall–Kier alpha value is -3.10. The highest BCUT2D eigenvalue weighted by Gasteiger charge is 2.31. The molecule has 9 heteroatoms. The number of hydrogen-bond donors (Lipinski definition) is 1. The molecule has 4 rings (SSSR count). The van der Waals surface area contributed by atoms with E-state index in [0.29, 0.717) is 33.0 Å². The summed E-state index contributed by atoms with van der Waals surface area (Å²) >= 11 is 7.50. The monoisotopic (exact) mass is 457 g/mol. The molecule has 3 aromatic rings. The number of rotatable bonds is 6. The smallest absolute Gasteiger partial charge is 0.267 e. The quantitative estimate of drug-likeness (QED) is 0.584. The van der Waals surface area contributed by atoms with E-state index in [9.17, 15) is 9.59 Å². The Balaban J connectivity index is 1.40. The summed E-state index contributed by atoms with van der Waals surface area (Å²) in [5.41, 5.74) is 2.20. The number of aromatic nitrogens is 1. The normalized spacial score (nSPS) is 15.3. The molecule has 160 valence electrons. The van der Waals surface area contributed by atoms with Gasteiger partial charge in [-0.3, -0.25) is 9.59 Å². The first kappa shape index (κ1) is 21.1. The maximum Gasteiger partial charge on any atom is 0.267 e. The van der Waals surface area contributed by atoms with Crippen molar-refractivity contribution in [2.45, 2.75) is 19.4 Å². The largest absolute Gasteiger partial charge is 0.495 e. The minimum Gasteiger partial charge on any atom is -0.495 e. The number of nitrogens with zero attached hydrogens (tertiary/aromatic N) is 2. The highest BCUT2D eigenvalue weighted by atomic mass is 35.5. The van der Waals surface area contributed by atoms with Crippen molar-refractivity contribution in [1.29, 1.82) is 0 Å². The van der Waals surface area contributed by atoms with Crippen molar-refractivity contribution in [3.8, 4) is 22.8 Å². The predicted octanol–water partition coefficient (Wildman–Crippen LogP) is 4.61. The number of thiazole rings is 1. The zero-order valence-electron chi connectivity index (χ0n) is 16.9. The summed E-state index contributed by atoms with van der Waals surface area (Å²) in [7, 11) is 1.56. The third-order valence-corrected chi connectivity index (χ3v) is 5.89. The second-order valence-electron chi connectivity index (χ2n) is 6.90. The molecule has 0 fully saturated rings. The van der Waals surface area contributed by atoms with Crippen molar-refractivity contribution in [2.24, 2.45) is 0 Å². The maximum atomic E-state index is 12.5. The zero-order chi connectivity index (χ0) is 22.0. The van der Waals surface area contributed by atoms with Gasteiger partial charge in [-0.15, -0.1) is 11.3 Å². The van der Waals surface area contributed by atoms with E-state index in [-0.39, 0.29) is 24.8 Å². The molecule has 0 saturated carbocycles. The molecule has 1 aromatic heterocycles. The van der Waals surface area contributed by atoms with E-state index in [0.717, 1.165) is 5.56 Å². The van der Waals surface area contributed by atoms with E-state index in [4.69, 9.17) is 21.1 Å². The van der Waals surface area contributed by atoms with Crippen LogP contribution in [0, 0.1) is 0 Å². The average Bonchev–Trinajstić information content (AvgIpc) is 3.22. The van der Waals surface area contributed by atoms with Gasteiger partial charge in [-0.05, 0) is 37.3 Å². The number of fused-ring (bicyclic) bond motifs is 1. The summed E-state index contributed by atoms with van der Waals surface area (Å²) in [6.07, 6.45) is -0.452. The van der Waals surface area contributed by atoms with Crippen LogP contribution >= 0.6 is 22.9 Å². The summed E-state index contributed by atoms with van der Waals surface area (Å²) in [5, 5.41) is 5.61. The van der Waals surface area contributed by atoms with Crippen molar-refractivity contribution in [3.05, 3.63) is 52.9 Å². The van der Waals surface area contributed by atoms with E-state index in [1.54, 1.807) is 31.1 Å². The highest BCUT2D eigenvalue weighted by molar-refractivity contribution is 7.14. The molecule has 0 radical (unpaired) electrons. The number of nitrogens with one attached hydrogen (secondary N) is 1. The molecule has 1 N–H and O–H groups in total. The van der Waals surface area contributed by atoms with Crippen LogP contribution in [0.2, 0.25) is 5.02 Å². The Morgan fingerprint density at radius 1 is 1.32 bits per heavy atom. The van der Waals surface area contributed by atoms with Gasteiger partial charge in [0.2, 0.25) is 5.91 Å². The molecule has 1 aliphatic heterocycles. The molecule has 2 aromatic carbocycles. The molecule has 1 aliphatic rings. The number of benzene rings is 2. The molecule has 0 unspecified atom stereocenters. The highest BCUT2D eigenvalue weighted by Crippen LogP contribution is 2.34. The van der Waals surface area contributed by atoms with Crippen LogP contribution in [-0.4, -0.2) is 36.6 Å².